The Labute approximate surface area is 167 Å². The van der Waals surface area contributed by atoms with Gasteiger partial charge in [-0.15, -0.1) is 0 Å². The van der Waals surface area contributed by atoms with E-state index in [1.807, 2.05) is 31.2 Å². The molecular weight excluding hydrogens is 352 g/mol. The lowest BCUT2D eigenvalue weighted by Gasteiger charge is -2.22. The molecule has 0 fully saturated rings. The van der Waals surface area contributed by atoms with E-state index in [4.69, 9.17) is 9.47 Å². The minimum absolute atomic E-state index is 0.0112. The third-order valence-electron chi connectivity index (χ3n) is 5.10. The molecule has 2 N–H and O–H groups in total. The molecule has 0 radical (unpaired) electrons. The molecule has 150 valence electrons. The average Bonchev–Trinajstić information content (AvgIpc) is 2.73. The number of rotatable bonds is 8. The molecule has 28 heavy (non-hydrogen) atoms. The van der Waals surface area contributed by atoms with Crippen LogP contribution in [0.2, 0.25) is 0 Å². The first-order chi connectivity index (χ1) is 13.7. The number of hydrogen-bond acceptors (Lipinski definition) is 3. The summed E-state index contributed by atoms with van der Waals surface area (Å²) in [6.45, 7) is 4.65. The predicted octanol–water partition coefficient (Wildman–Crippen LogP) is 4.75. The van der Waals surface area contributed by atoms with Crippen LogP contribution < -0.4 is 20.1 Å². The molecule has 1 unspecified atom stereocenters. The van der Waals surface area contributed by atoms with Gasteiger partial charge in [-0.1, -0.05) is 37.3 Å². The lowest BCUT2D eigenvalue weighted by Crippen LogP contribution is -2.39. The fourth-order valence-electron chi connectivity index (χ4n) is 3.62. The Hall–Kier alpha value is -2.69. The predicted molar refractivity (Wildman–Crippen MR) is 111 cm³/mol. The Bertz CT molecular complexity index is 791. The summed E-state index contributed by atoms with van der Waals surface area (Å²) in [5.41, 5.74) is 4.05. The van der Waals surface area contributed by atoms with Crippen LogP contribution in [0.5, 0.6) is 11.5 Å². The molecular formula is C23H30N2O3. The van der Waals surface area contributed by atoms with Gasteiger partial charge in [-0.2, -0.15) is 0 Å². The van der Waals surface area contributed by atoms with E-state index in [9.17, 15) is 4.79 Å². The summed E-state index contributed by atoms with van der Waals surface area (Å²) in [6, 6.07) is 13.8. The maximum atomic E-state index is 12.3. The van der Waals surface area contributed by atoms with Crippen LogP contribution in [-0.2, 0) is 12.8 Å². The van der Waals surface area contributed by atoms with Crippen LogP contribution in [0.3, 0.4) is 0 Å². The van der Waals surface area contributed by atoms with Crippen molar-refractivity contribution in [2.45, 2.75) is 52.0 Å². The Balaban J connectivity index is 1.53. The number of benzene rings is 2. The third kappa shape index (κ3) is 5.18. The van der Waals surface area contributed by atoms with E-state index in [0.717, 1.165) is 12.8 Å². The lowest BCUT2D eigenvalue weighted by molar-refractivity contribution is 0.216. The summed E-state index contributed by atoms with van der Waals surface area (Å²) in [4.78, 5) is 12.3. The highest BCUT2D eigenvalue weighted by Gasteiger charge is 2.16. The maximum Gasteiger partial charge on any atom is 0.317 e. The minimum atomic E-state index is -0.238. The fourth-order valence-corrected chi connectivity index (χ4v) is 3.62. The molecule has 0 heterocycles. The van der Waals surface area contributed by atoms with E-state index in [0.29, 0.717) is 18.1 Å². The van der Waals surface area contributed by atoms with Gasteiger partial charge in [-0.3, -0.25) is 0 Å². The smallest absolute Gasteiger partial charge is 0.317 e. The van der Waals surface area contributed by atoms with E-state index < -0.39 is 0 Å². The van der Waals surface area contributed by atoms with Gasteiger partial charge in [-0.05, 0) is 67.9 Å². The van der Waals surface area contributed by atoms with E-state index in [2.05, 4.69) is 35.8 Å². The number of carbonyl (C=O) groups excluding carboxylic acids is 1. The highest BCUT2D eigenvalue weighted by atomic mass is 16.5. The molecule has 0 aromatic heterocycles. The number of hydrogen-bond donors (Lipinski definition) is 2. The molecule has 1 aliphatic rings. The number of ether oxygens (including phenoxy) is 2. The van der Waals surface area contributed by atoms with Crippen molar-refractivity contribution in [2.24, 2.45) is 0 Å². The topological polar surface area (TPSA) is 59.6 Å². The highest BCUT2D eigenvalue weighted by molar-refractivity contribution is 5.74. The first kappa shape index (κ1) is 20.1. The van der Waals surface area contributed by atoms with Gasteiger partial charge < -0.3 is 20.1 Å². The molecule has 5 nitrogen and oxygen atoms in total. The number of amides is 2. The first-order valence-electron chi connectivity index (χ1n) is 10.2. The molecule has 0 aliphatic heterocycles. The molecule has 3 rings (SSSR count). The van der Waals surface area contributed by atoms with Crippen molar-refractivity contribution in [3.05, 3.63) is 59.2 Å². The van der Waals surface area contributed by atoms with Crippen LogP contribution in [-0.4, -0.2) is 19.4 Å². The zero-order valence-electron chi connectivity index (χ0n) is 16.8. The van der Waals surface area contributed by atoms with Gasteiger partial charge >= 0.3 is 6.03 Å². The zero-order chi connectivity index (χ0) is 19.8. The molecule has 1 aliphatic carbocycles. The molecule has 2 aromatic carbocycles. The molecule has 0 saturated carbocycles. The van der Waals surface area contributed by atoms with Crippen LogP contribution in [0.15, 0.2) is 42.5 Å². The average molecular weight is 383 g/mol. The number of urea groups is 1. The van der Waals surface area contributed by atoms with Crippen LogP contribution in [0.4, 0.5) is 4.79 Å². The summed E-state index contributed by atoms with van der Waals surface area (Å²) in [7, 11) is 0. The van der Waals surface area contributed by atoms with Crippen LogP contribution in [0.25, 0.3) is 0 Å². The van der Waals surface area contributed by atoms with Crippen molar-refractivity contribution in [2.75, 3.05) is 13.3 Å². The standard InChI is InChI=1S/C23H30N2O3/c1-3-20(19-14-13-17-9-5-6-10-18(17)15-19)25-23(26)24-16-28-22-12-8-7-11-21(22)27-4-2/h7-8,11-15,20H,3-6,9-10,16H2,1-2H3,(H2,24,25,26). The zero-order valence-corrected chi connectivity index (χ0v) is 16.8. The first-order valence-corrected chi connectivity index (χ1v) is 10.2. The second kappa shape index (κ2) is 10.0. The Morgan fingerprint density at radius 1 is 1.00 bits per heavy atom. The van der Waals surface area contributed by atoms with Gasteiger partial charge in [0.2, 0.25) is 0 Å². The summed E-state index contributed by atoms with van der Waals surface area (Å²) >= 11 is 0. The van der Waals surface area contributed by atoms with Crippen molar-refractivity contribution in [1.82, 2.24) is 10.6 Å². The normalized spacial score (nSPS) is 13.9. The second-order valence-electron chi connectivity index (χ2n) is 7.01. The Morgan fingerprint density at radius 3 is 2.43 bits per heavy atom. The Morgan fingerprint density at radius 2 is 1.71 bits per heavy atom. The molecule has 5 heteroatoms. The van der Waals surface area contributed by atoms with E-state index in [1.54, 1.807) is 0 Å². The van der Waals surface area contributed by atoms with Crippen molar-refractivity contribution < 1.29 is 14.3 Å². The van der Waals surface area contributed by atoms with Crippen LogP contribution in [0.1, 0.15) is 55.8 Å². The number of para-hydroxylation sites is 2. The highest BCUT2D eigenvalue weighted by Crippen LogP contribution is 2.27. The molecule has 0 spiro atoms. The third-order valence-corrected chi connectivity index (χ3v) is 5.10. The SMILES string of the molecule is CCOc1ccccc1OCNC(=O)NC(CC)c1ccc2c(c1)CCCC2. The van der Waals surface area contributed by atoms with Crippen molar-refractivity contribution in [1.29, 1.82) is 0 Å². The summed E-state index contributed by atoms with van der Waals surface area (Å²) in [6.07, 6.45) is 5.67. The van der Waals surface area contributed by atoms with Crippen molar-refractivity contribution in [3.8, 4) is 11.5 Å². The van der Waals surface area contributed by atoms with E-state index >= 15 is 0 Å². The van der Waals surface area contributed by atoms with Gasteiger partial charge in [0.25, 0.3) is 0 Å². The number of aryl methyl sites for hydroxylation is 2. The van der Waals surface area contributed by atoms with Crippen molar-refractivity contribution in [3.63, 3.8) is 0 Å². The summed E-state index contributed by atoms with van der Waals surface area (Å²) in [5.74, 6) is 1.29. The fraction of sp³-hybridized carbons (Fsp3) is 0.435. The molecule has 0 saturated heterocycles. The quantitative estimate of drug-likeness (QED) is 0.648. The minimum Gasteiger partial charge on any atom is -0.490 e. The number of fused-ring (bicyclic) bond motifs is 1. The summed E-state index contributed by atoms with van der Waals surface area (Å²) < 4.78 is 11.2. The van der Waals surface area contributed by atoms with E-state index in [-0.39, 0.29) is 18.8 Å². The monoisotopic (exact) mass is 382 g/mol. The summed E-state index contributed by atoms with van der Waals surface area (Å²) in [5, 5.41) is 5.82. The number of carbonyl (C=O) groups is 1. The van der Waals surface area contributed by atoms with Gasteiger partial charge in [0.15, 0.2) is 18.2 Å². The molecule has 2 aromatic rings. The van der Waals surface area contributed by atoms with Crippen LogP contribution >= 0.6 is 0 Å². The second-order valence-corrected chi connectivity index (χ2v) is 7.01. The van der Waals surface area contributed by atoms with Gasteiger partial charge in [0.05, 0.1) is 12.6 Å². The van der Waals surface area contributed by atoms with Crippen molar-refractivity contribution >= 4 is 6.03 Å². The molecule has 1 atom stereocenters. The molecule has 0 bridgehead atoms. The van der Waals surface area contributed by atoms with E-state index in [1.165, 1.54) is 36.0 Å². The van der Waals surface area contributed by atoms with Gasteiger partial charge in [0.1, 0.15) is 0 Å². The maximum absolute atomic E-state index is 12.3. The number of nitrogens with one attached hydrogen (secondary N) is 2. The largest absolute Gasteiger partial charge is 0.490 e. The lowest BCUT2D eigenvalue weighted by atomic mass is 9.89. The molecule has 2 amide bonds. The van der Waals surface area contributed by atoms with Crippen LogP contribution in [0, 0.1) is 0 Å². The van der Waals surface area contributed by atoms with Gasteiger partial charge in [-0.25, -0.2) is 4.79 Å². The Kier molecular flexibility index (Phi) is 7.18. The van der Waals surface area contributed by atoms with Gasteiger partial charge in [0, 0.05) is 0 Å².